The Bertz CT molecular complexity index is 1200. The van der Waals surface area contributed by atoms with E-state index in [1.165, 1.54) is 24.7 Å². The molecule has 0 amide bonds. The maximum absolute atomic E-state index is 12.8. The molecule has 0 radical (unpaired) electrons. The van der Waals surface area contributed by atoms with E-state index in [9.17, 15) is 9.59 Å². The van der Waals surface area contributed by atoms with Crippen molar-refractivity contribution in [3.63, 3.8) is 0 Å². The number of aromatic nitrogens is 1. The van der Waals surface area contributed by atoms with Crippen molar-refractivity contribution in [2.45, 2.75) is 0 Å². The van der Waals surface area contributed by atoms with E-state index in [-0.39, 0.29) is 11.2 Å². The summed E-state index contributed by atoms with van der Waals surface area (Å²) in [6, 6.07) is 14.9. The summed E-state index contributed by atoms with van der Waals surface area (Å²) >= 11 is 0. The highest BCUT2D eigenvalue weighted by Gasteiger charge is 2.13. The highest BCUT2D eigenvalue weighted by atomic mass is 16.5. The molecule has 138 valence electrons. The van der Waals surface area contributed by atoms with Gasteiger partial charge in [-0.3, -0.25) is 9.78 Å². The van der Waals surface area contributed by atoms with Crippen LogP contribution in [-0.2, 0) is 0 Å². The molecule has 4 aromatic rings. The molecule has 2 heterocycles. The Morgan fingerprint density at radius 3 is 2.39 bits per heavy atom. The summed E-state index contributed by atoms with van der Waals surface area (Å²) in [6.07, 6.45) is 4.42. The smallest absolute Gasteiger partial charge is 0.343 e. The highest BCUT2D eigenvalue weighted by molar-refractivity contribution is 5.91. The molecule has 0 aliphatic carbocycles. The topological polar surface area (TPSA) is 78.6 Å². The van der Waals surface area contributed by atoms with Crippen molar-refractivity contribution < 1.29 is 18.7 Å². The molecule has 28 heavy (non-hydrogen) atoms. The summed E-state index contributed by atoms with van der Waals surface area (Å²) < 4.78 is 16.1. The maximum atomic E-state index is 12.8. The van der Waals surface area contributed by atoms with Gasteiger partial charge in [0.25, 0.3) is 0 Å². The second kappa shape index (κ2) is 7.36. The number of fused-ring (bicyclic) bond motifs is 1. The molecular weight excluding hydrogens is 358 g/mol. The van der Waals surface area contributed by atoms with Gasteiger partial charge in [-0.2, -0.15) is 0 Å². The largest absolute Gasteiger partial charge is 0.497 e. The van der Waals surface area contributed by atoms with Gasteiger partial charge in [-0.1, -0.05) is 12.1 Å². The minimum Gasteiger partial charge on any atom is -0.497 e. The van der Waals surface area contributed by atoms with Crippen LogP contribution in [0.15, 0.2) is 82.5 Å². The standard InChI is InChI=1S/C22H15NO5/c1-26-16-4-2-14(3-5-16)19-13-27-20-12-17(6-7-18(20)21(19)24)28-22(25)15-8-10-23-11-9-15/h2-13H,1H3. The van der Waals surface area contributed by atoms with Gasteiger partial charge in [0.15, 0.2) is 5.43 Å². The van der Waals surface area contributed by atoms with E-state index >= 15 is 0 Å². The fourth-order valence-corrected chi connectivity index (χ4v) is 2.80. The van der Waals surface area contributed by atoms with Gasteiger partial charge in [0.05, 0.1) is 23.6 Å². The Kier molecular flexibility index (Phi) is 4.60. The molecule has 0 fully saturated rings. The fourth-order valence-electron chi connectivity index (χ4n) is 2.80. The summed E-state index contributed by atoms with van der Waals surface area (Å²) in [5.41, 5.74) is 1.72. The first-order valence-corrected chi connectivity index (χ1v) is 8.48. The molecule has 0 saturated carbocycles. The molecule has 6 nitrogen and oxygen atoms in total. The monoisotopic (exact) mass is 373 g/mol. The first kappa shape index (κ1) is 17.5. The zero-order chi connectivity index (χ0) is 19.5. The SMILES string of the molecule is COc1ccc(-c2coc3cc(OC(=O)c4ccncc4)ccc3c2=O)cc1. The molecule has 4 rings (SSSR count). The first-order chi connectivity index (χ1) is 13.7. The van der Waals surface area contributed by atoms with Crippen LogP contribution in [0.4, 0.5) is 0 Å². The number of carbonyl (C=O) groups is 1. The van der Waals surface area contributed by atoms with Gasteiger partial charge >= 0.3 is 5.97 Å². The van der Waals surface area contributed by atoms with Crippen molar-refractivity contribution in [1.82, 2.24) is 4.98 Å². The first-order valence-electron chi connectivity index (χ1n) is 8.48. The Labute approximate surface area is 160 Å². The van der Waals surface area contributed by atoms with Crippen molar-refractivity contribution in [2.75, 3.05) is 7.11 Å². The normalized spacial score (nSPS) is 10.6. The number of hydrogen-bond acceptors (Lipinski definition) is 6. The maximum Gasteiger partial charge on any atom is 0.343 e. The summed E-state index contributed by atoms with van der Waals surface area (Å²) in [5, 5.41) is 0.400. The lowest BCUT2D eigenvalue weighted by Gasteiger charge is -2.07. The minimum absolute atomic E-state index is 0.168. The molecule has 0 spiro atoms. The number of rotatable bonds is 4. The zero-order valence-electron chi connectivity index (χ0n) is 14.9. The average Bonchev–Trinajstić information content (AvgIpc) is 2.75. The molecule has 0 bridgehead atoms. The van der Waals surface area contributed by atoms with Gasteiger partial charge in [0.2, 0.25) is 0 Å². The predicted molar refractivity (Wildman–Crippen MR) is 104 cm³/mol. The van der Waals surface area contributed by atoms with E-state index < -0.39 is 5.97 Å². The number of methoxy groups -OCH3 is 1. The lowest BCUT2D eigenvalue weighted by atomic mass is 10.1. The summed E-state index contributed by atoms with van der Waals surface area (Å²) in [5.74, 6) is 0.475. The van der Waals surface area contributed by atoms with Gasteiger partial charge in [-0.05, 0) is 42.0 Å². The summed E-state index contributed by atoms with van der Waals surface area (Å²) in [7, 11) is 1.58. The molecule has 6 heteroatoms. The van der Waals surface area contributed by atoms with E-state index in [4.69, 9.17) is 13.9 Å². The van der Waals surface area contributed by atoms with Crippen molar-refractivity contribution in [2.24, 2.45) is 0 Å². The van der Waals surface area contributed by atoms with Crippen LogP contribution in [-0.4, -0.2) is 18.1 Å². The van der Waals surface area contributed by atoms with Crippen LogP contribution >= 0.6 is 0 Å². The van der Waals surface area contributed by atoms with Crippen LogP contribution in [0.2, 0.25) is 0 Å². The molecule has 0 N–H and O–H groups in total. The van der Waals surface area contributed by atoms with Crippen LogP contribution in [0.1, 0.15) is 10.4 Å². The third-order valence-electron chi connectivity index (χ3n) is 4.27. The van der Waals surface area contributed by atoms with Crippen LogP contribution in [0.25, 0.3) is 22.1 Å². The molecule has 0 saturated heterocycles. The van der Waals surface area contributed by atoms with Crippen LogP contribution in [0.3, 0.4) is 0 Å². The van der Waals surface area contributed by atoms with E-state index in [0.29, 0.717) is 27.8 Å². The number of benzene rings is 2. The Morgan fingerprint density at radius 2 is 1.68 bits per heavy atom. The van der Waals surface area contributed by atoms with E-state index in [0.717, 1.165) is 5.56 Å². The number of carbonyl (C=O) groups excluding carboxylic acids is 1. The summed E-state index contributed by atoms with van der Waals surface area (Å²) in [4.78, 5) is 28.9. The number of ether oxygens (including phenoxy) is 2. The number of pyridine rings is 1. The molecule has 2 aromatic carbocycles. The van der Waals surface area contributed by atoms with Crippen molar-refractivity contribution in [1.29, 1.82) is 0 Å². The third-order valence-corrected chi connectivity index (χ3v) is 4.27. The van der Waals surface area contributed by atoms with Crippen molar-refractivity contribution in [3.8, 4) is 22.6 Å². The van der Waals surface area contributed by atoms with Crippen LogP contribution < -0.4 is 14.9 Å². The lowest BCUT2D eigenvalue weighted by Crippen LogP contribution is -2.09. The summed E-state index contributed by atoms with van der Waals surface area (Å²) in [6.45, 7) is 0. The molecule has 0 aliphatic heterocycles. The van der Waals surface area contributed by atoms with E-state index in [1.807, 2.05) is 0 Å². The Hall–Kier alpha value is -3.93. The van der Waals surface area contributed by atoms with Crippen molar-refractivity contribution >= 4 is 16.9 Å². The zero-order valence-corrected chi connectivity index (χ0v) is 14.9. The van der Waals surface area contributed by atoms with Gasteiger partial charge < -0.3 is 13.9 Å². The molecule has 0 atom stereocenters. The highest BCUT2D eigenvalue weighted by Crippen LogP contribution is 2.25. The average molecular weight is 373 g/mol. The van der Waals surface area contributed by atoms with E-state index in [2.05, 4.69) is 4.98 Å². The van der Waals surface area contributed by atoms with E-state index in [1.54, 1.807) is 55.6 Å². The Morgan fingerprint density at radius 1 is 0.964 bits per heavy atom. The molecule has 2 aromatic heterocycles. The van der Waals surface area contributed by atoms with Gasteiger partial charge in [0.1, 0.15) is 23.3 Å². The second-order valence-electron chi connectivity index (χ2n) is 5.99. The number of hydrogen-bond donors (Lipinski definition) is 0. The molecular formula is C22H15NO5. The minimum atomic E-state index is -0.515. The number of nitrogens with zero attached hydrogens (tertiary/aromatic N) is 1. The van der Waals surface area contributed by atoms with Crippen molar-refractivity contribution in [3.05, 3.63) is 89.0 Å². The van der Waals surface area contributed by atoms with Gasteiger partial charge in [-0.25, -0.2) is 4.79 Å². The quantitative estimate of drug-likeness (QED) is 0.396. The predicted octanol–water partition coefficient (Wildman–Crippen LogP) is 4.08. The van der Waals surface area contributed by atoms with Crippen LogP contribution in [0.5, 0.6) is 11.5 Å². The second-order valence-corrected chi connectivity index (χ2v) is 5.99. The van der Waals surface area contributed by atoms with Gasteiger partial charge in [-0.15, -0.1) is 0 Å². The Balaban J connectivity index is 1.66. The lowest BCUT2D eigenvalue weighted by molar-refractivity contribution is 0.0735. The fraction of sp³-hybridized carbons (Fsp3) is 0.0455. The third kappa shape index (κ3) is 3.35. The molecule has 0 unspecified atom stereocenters. The number of esters is 1. The van der Waals surface area contributed by atoms with Crippen LogP contribution in [0, 0.1) is 0 Å². The van der Waals surface area contributed by atoms with Gasteiger partial charge in [0, 0.05) is 18.5 Å². The molecule has 0 aliphatic rings.